The second-order valence-corrected chi connectivity index (χ2v) is 28.3. The zero-order chi connectivity index (χ0) is 49.6. The average molecular weight is 1190 g/mol. The number of nitrogens with zero attached hydrogens (tertiary/aromatic N) is 6. The zero-order valence-electron chi connectivity index (χ0n) is 35.5. The first kappa shape index (κ1) is 59.5. The number of halogens is 12. The van der Waals surface area contributed by atoms with Crippen LogP contribution in [0.3, 0.4) is 0 Å². The van der Waals surface area contributed by atoms with Gasteiger partial charge in [-0.15, -0.1) is 0 Å². The normalized spacial score (nSPS) is 12.8. The van der Waals surface area contributed by atoms with Gasteiger partial charge in [0.2, 0.25) is 15.2 Å². The second kappa shape index (κ2) is 26.6. The van der Waals surface area contributed by atoms with Crippen LogP contribution in [0.25, 0.3) is 23.5 Å². The molecular formula is C37H41Cl12N7O8Si2. The van der Waals surface area contributed by atoms with Crippen molar-refractivity contribution in [2.45, 2.75) is 40.1 Å². The molecule has 0 radical (unpaired) electrons. The van der Waals surface area contributed by atoms with Gasteiger partial charge in [0.15, 0.2) is 34.9 Å². The van der Waals surface area contributed by atoms with Gasteiger partial charge in [0.25, 0.3) is 5.91 Å². The number of ether oxygens (including phenoxy) is 1. The molecule has 29 heteroatoms. The molecule has 364 valence electrons. The minimum absolute atomic E-state index is 0.111. The second-order valence-electron chi connectivity index (χ2n) is 13.0. The van der Waals surface area contributed by atoms with Crippen LogP contribution in [0.2, 0.25) is 12.1 Å². The SMILES string of the molecule is CO[Si](CCCNC(=O)c1ccc(-c2nc(C(Cl)(Cl)Cl)nc(C(Cl)(Cl)Cl)n2)cc1)(OC)OC.CO[Si](CCCOc1ccc(/C=C/c2nc(C(Cl)(Cl)Cl)nc(C(Cl)(Cl)Cl)n2)cc1)(OC)OC. The fourth-order valence-corrected chi connectivity index (χ4v) is 9.72. The Morgan fingerprint density at radius 2 is 0.955 bits per heavy atom. The Morgan fingerprint density at radius 3 is 1.36 bits per heavy atom. The molecule has 2 aromatic heterocycles. The molecule has 0 aliphatic heterocycles. The van der Waals surface area contributed by atoms with Crippen molar-refractivity contribution >= 4 is 175 Å². The Kier molecular flexibility index (Phi) is 23.9. The molecule has 0 saturated carbocycles. The van der Waals surface area contributed by atoms with Gasteiger partial charge in [0.05, 0.1) is 6.61 Å². The summed E-state index contributed by atoms with van der Waals surface area (Å²) in [7, 11) is 4.10. The van der Waals surface area contributed by atoms with Crippen molar-refractivity contribution in [2.24, 2.45) is 0 Å². The van der Waals surface area contributed by atoms with Crippen LogP contribution in [0.5, 0.6) is 5.75 Å². The van der Waals surface area contributed by atoms with Crippen LogP contribution in [0, 0.1) is 0 Å². The van der Waals surface area contributed by atoms with E-state index in [1.54, 1.807) is 79.1 Å². The highest BCUT2D eigenvalue weighted by Gasteiger charge is 2.38. The maximum atomic E-state index is 12.5. The lowest BCUT2D eigenvalue weighted by molar-refractivity contribution is 0.0949. The summed E-state index contributed by atoms with van der Waals surface area (Å²) >= 11 is 70.7. The maximum absolute atomic E-state index is 12.5. The van der Waals surface area contributed by atoms with Gasteiger partial charge in [-0.2, -0.15) is 0 Å². The van der Waals surface area contributed by atoms with Gasteiger partial charge in [0.1, 0.15) is 5.75 Å². The quantitative estimate of drug-likeness (QED) is 0.0534. The van der Waals surface area contributed by atoms with E-state index in [1.165, 1.54) is 0 Å². The molecule has 2 aromatic carbocycles. The number of alkyl halides is 12. The van der Waals surface area contributed by atoms with Gasteiger partial charge in [0, 0.05) is 72.4 Å². The molecule has 0 saturated heterocycles. The first-order valence-corrected chi connectivity index (χ1v) is 27.1. The van der Waals surface area contributed by atoms with Crippen LogP contribution in [-0.2, 0) is 41.7 Å². The van der Waals surface area contributed by atoms with E-state index in [-0.39, 0.29) is 40.9 Å². The summed E-state index contributed by atoms with van der Waals surface area (Å²) in [5, 5.41) is 2.83. The van der Waals surface area contributed by atoms with Crippen molar-refractivity contribution < 1.29 is 36.1 Å². The number of carbonyl (C=O) groups excluding carboxylic acids is 1. The molecule has 0 atom stereocenters. The lowest BCUT2D eigenvalue weighted by Crippen LogP contribution is -2.43. The number of hydrogen-bond acceptors (Lipinski definition) is 14. The number of rotatable bonds is 19. The van der Waals surface area contributed by atoms with E-state index in [2.05, 4.69) is 35.2 Å². The number of amides is 1. The first-order chi connectivity index (χ1) is 30.8. The van der Waals surface area contributed by atoms with Crippen LogP contribution < -0.4 is 10.1 Å². The van der Waals surface area contributed by atoms with Gasteiger partial charge in [-0.05, 0) is 48.7 Å². The number of carbonyl (C=O) groups is 1. The fraction of sp³-hybridized carbons (Fsp3) is 0.432. The van der Waals surface area contributed by atoms with Crippen molar-refractivity contribution in [1.29, 1.82) is 0 Å². The smallest absolute Gasteiger partial charge is 0.494 e. The molecule has 0 aliphatic rings. The number of hydrogen-bond donors (Lipinski definition) is 1. The molecule has 0 bridgehead atoms. The molecule has 1 N–H and O–H groups in total. The van der Waals surface area contributed by atoms with Gasteiger partial charge in [-0.1, -0.05) is 170 Å². The van der Waals surface area contributed by atoms with Crippen molar-refractivity contribution in [3.05, 3.63) is 88.8 Å². The van der Waals surface area contributed by atoms with E-state index in [0.717, 1.165) is 12.0 Å². The molecule has 4 aromatic rings. The number of benzene rings is 2. The molecule has 0 aliphatic carbocycles. The molecular weight excluding hydrogens is 1150 g/mol. The highest BCUT2D eigenvalue weighted by molar-refractivity contribution is 6.68. The average Bonchev–Trinajstić information content (AvgIpc) is 3.28. The summed E-state index contributed by atoms with van der Waals surface area (Å²) in [5.74, 6) is -0.00418. The topological polar surface area (TPSA) is 171 Å². The molecule has 0 spiro atoms. The van der Waals surface area contributed by atoms with E-state index in [9.17, 15) is 4.79 Å². The molecule has 2 heterocycles. The van der Waals surface area contributed by atoms with Crippen molar-refractivity contribution in [3.63, 3.8) is 0 Å². The van der Waals surface area contributed by atoms with E-state index in [0.29, 0.717) is 48.5 Å². The molecule has 66 heavy (non-hydrogen) atoms. The molecule has 15 nitrogen and oxygen atoms in total. The third-order valence-corrected chi connectivity index (χ3v) is 16.4. The van der Waals surface area contributed by atoms with Crippen molar-refractivity contribution in [3.8, 4) is 17.1 Å². The Labute approximate surface area is 444 Å². The summed E-state index contributed by atoms with van der Waals surface area (Å²) in [6.45, 7) is 0.905. The lowest BCUT2D eigenvalue weighted by Gasteiger charge is -2.24. The molecule has 1 amide bonds. The van der Waals surface area contributed by atoms with E-state index in [1.807, 2.05) is 24.3 Å². The Balaban J connectivity index is 0.000000350. The third kappa shape index (κ3) is 18.7. The van der Waals surface area contributed by atoms with Gasteiger partial charge in [-0.3, -0.25) is 4.79 Å². The Hall–Kier alpha value is -0.856. The predicted molar refractivity (Wildman–Crippen MR) is 268 cm³/mol. The lowest BCUT2D eigenvalue weighted by atomic mass is 10.1. The van der Waals surface area contributed by atoms with E-state index < -0.39 is 32.8 Å². The third-order valence-electron chi connectivity index (χ3n) is 8.72. The van der Waals surface area contributed by atoms with E-state index in [4.69, 9.17) is 171 Å². The largest absolute Gasteiger partial charge is 0.500 e. The fourth-order valence-electron chi connectivity index (χ4n) is 5.30. The van der Waals surface area contributed by atoms with Crippen LogP contribution in [0.1, 0.15) is 57.9 Å². The van der Waals surface area contributed by atoms with Crippen LogP contribution in [-0.4, -0.2) is 109 Å². The predicted octanol–water partition coefficient (Wildman–Crippen LogP) is 11.5. The molecule has 4 rings (SSSR count). The standard InChI is InChI=1S/C19H21Cl6N3O4Si.C18H20Cl6N4O4Si/c1-29-33(30-2,31-3)12-4-11-32-14-8-5-13(6-9-14)7-10-15-26-16(18(20,21)22)28-17(27-15)19(23,24)25;1-30-33(31-2,32-3)10-4-9-25-14(29)12-7-5-11(6-8-12)13-26-15(17(19,20)21)28-16(27-13)18(22,23)24/h5-10H,4,11-12H2,1-3H3;5-8H,4,9-10H2,1-3H3,(H,25,29)/b10-7+;. The van der Waals surface area contributed by atoms with Crippen LogP contribution >= 0.6 is 139 Å². The molecule has 0 fully saturated rings. The van der Waals surface area contributed by atoms with Gasteiger partial charge in [-0.25, -0.2) is 29.9 Å². The van der Waals surface area contributed by atoms with Crippen molar-refractivity contribution in [2.75, 3.05) is 55.8 Å². The highest BCUT2D eigenvalue weighted by atomic mass is 35.6. The highest BCUT2D eigenvalue weighted by Crippen LogP contribution is 2.42. The van der Waals surface area contributed by atoms with Gasteiger partial charge < -0.3 is 36.6 Å². The molecule has 0 unspecified atom stereocenters. The van der Waals surface area contributed by atoms with Crippen LogP contribution in [0.15, 0.2) is 48.5 Å². The minimum atomic E-state index is -2.68. The maximum Gasteiger partial charge on any atom is 0.500 e. The monoisotopic (exact) mass is 1190 g/mol. The van der Waals surface area contributed by atoms with Crippen LogP contribution in [0.4, 0.5) is 0 Å². The number of aromatic nitrogens is 6. The summed E-state index contributed by atoms with van der Waals surface area (Å²) in [6.07, 6.45) is 4.68. The van der Waals surface area contributed by atoms with Gasteiger partial charge >= 0.3 is 17.6 Å². The summed E-state index contributed by atoms with van der Waals surface area (Å²) < 4.78 is 30.3. The van der Waals surface area contributed by atoms with E-state index >= 15 is 0 Å². The summed E-state index contributed by atoms with van der Waals surface area (Å²) in [4.78, 5) is 36.8. The van der Waals surface area contributed by atoms with Crippen molar-refractivity contribution in [1.82, 2.24) is 35.2 Å². The first-order valence-electron chi connectivity index (χ1n) is 18.7. The number of nitrogens with one attached hydrogen (secondary N) is 1. The Bertz CT molecular complexity index is 2110. The Morgan fingerprint density at radius 1 is 0.545 bits per heavy atom. The summed E-state index contributed by atoms with van der Waals surface area (Å²) in [6, 6.07) is 15.0. The zero-order valence-corrected chi connectivity index (χ0v) is 46.6. The minimum Gasteiger partial charge on any atom is -0.494 e. The summed E-state index contributed by atoms with van der Waals surface area (Å²) in [5.41, 5.74) is 1.76.